The standard InChI is InChI=1S/C14H27NOS/c1-10(2)12-7-6-11(3)9-13(12)16-8-4-5-14(15)17/h10-13H,4-9H2,1-3H3,(H2,15,17). The van der Waals surface area contributed by atoms with Gasteiger partial charge >= 0.3 is 0 Å². The first-order valence-electron chi connectivity index (χ1n) is 6.90. The van der Waals surface area contributed by atoms with E-state index >= 15 is 0 Å². The van der Waals surface area contributed by atoms with E-state index in [1.165, 1.54) is 19.3 Å². The van der Waals surface area contributed by atoms with Gasteiger partial charge in [-0.05, 0) is 43.4 Å². The summed E-state index contributed by atoms with van der Waals surface area (Å²) in [6.45, 7) is 7.76. The van der Waals surface area contributed by atoms with Crippen molar-refractivity contribution < 1.29 is 4.74 Å². The Kier molecular flexibility index (Phi) is 6.42. The molecular weight excluding hydrogens is 230 g/mol. The van der Waals surface area contributed by atoms with Gasteiger partial charge in [0.25, 0.3) is 0 Å². The second-order valence-electron chi connectivity index (χ2n) is 5.81. The topological polar surface area (TPSA) is 35.2 Å². The molecule has 2 nitrogen and oxygen atoms in total. The molecule has 1 aliphatic rings. The zero-order chi connectivity index (χ0) is 12.8. The predicted octanol–water partition coefficient (Wildman–Crippen LogP) is 3.53. The SMILES string of the molecule is CC1CCC(C(C)C)C(OCCCC(N)=S)C1. The third-order valence-electron chi connectivity index (χ3n) is 3.86. The average molecular weight is 257 g/mol. The van der Waals surface area contributed by atoms with Gasteiger partial charge < -0.3 is 10.5 Å². The van der Waals surface area contributed by atoms with Gasteiger partial charge in [0.2, 0.25) is 0 Å². The number of hydrogen-bond acceptors (Lipinski definition) is 2. The van der Waals surface area contributed by atoms with Gasteiger partial charge in [0, 0.05) is 6.61 Å². The highest BCUT2D eigenvalue weighted by molar-refractivity contribution is 7.80. The van der Waals surface area contributed by atoms with E-state index in [9.17, 15) is 0 Å². The van der Waals surface area contributed by atoms with E-state index in [0.717, 1.165) is 37.2 Å². The van der Waals surface area contributed by atoms with Crippen LogP contribution in [0.1, 0.15) is 52.9 Å². The van der Waals surface area contributed by atoms with Crippen LogP contribution in [0.25, 0.3) is 0 Å². The third-order valence-corrected chi connectivity index (χ3v) is 4.06. The van der Waals surface area contributed by atoms with E-state index in [1.54, 1.807) is 0 Å². The first-order valence-corrected chi connectivity index (χ1v) is 7.31. The summed E-state index contributed by atoms with van der Waals surface area (Å²) in [5, 5.41) is 0. The summed E-state index contributed by atoms with van der Waals surface area (Å²) in [6.07, 6.45) is 6.12. The fourth-order valence-corrected chi connectivity index (χ4v) is 2.93. The lowest BCUT2D eigenvalue weighted by molar-refractivity contribution is -0.0385. The minimum atomic E-state index is 0.449. The number of hydrogen-bond donors (Lipinski definition) is 1. The molecule has 0 aromatic rings. The van der Waals surface area contributed by atoms with Crippen molar-refractivity contribution in [3.05, 3.63) is 0 Å². The second-order valence-corrected chi connectivity index (χ2v) is 6.33. The minimum Gasteiger partial charge on any atom is -0.393 e. The minimum absolute atomic E-state index is 0.449. The van der Waals surface area contributed by atoms with Crippen LogP contribution in [0.2, 0.25) is 0 Å². The summed E-state index contributed by atoms with van der Waals surface area (Å²) in [7, 11) is 0. The van der Waals surface area contributed by atoms with Crippen molar-refractivity contribution in [1.29, 1.82) is 0 Å². The molecule has 0 radical (unpaired) electrons. The van der Waals surface area contributed by atoms with Gasteiger partial charge in [-0.25, -0.2) is 0 Å². The molecule has 0 heterocycles. The normalized spacial score (nSPS) is 29.5. The maximum Gasteiger partial charge on any atom is 0.0728 e. The number of thiocarbonyl (C=S) groups is 1. The third kappa shape index (κ3) is 5.35. The van der Waals surface area contributed by atoms with Crippen LogP contribution in [0.4, 0.5) is 0 Å². The van der Waals surface area contributed by atoms with Gasteiger partial charge in [-0.15, -0.1) is 0 Å². The van der Waals surface area contributed by atoms with E-state index in [1.807, 2.05) is 0 Å². The molecule has 17 heavy (non-hydrogen) atoms. The van der Waals surface area contributed by atoms with Crippen LogP contribution >= 0.6 is 12.2 Å². The molecule has 1 saturated carbocycles. The van der Waals surface area contributed by atoms with Crippen LogP contribution < -0.4 is 5.73 Å². The molecule has 1 rings (SSSR count). The summed E-state index contributed by atoms with van der Waals surface area (Å²) < 4.78 is 6.06. The zero-order valence-corrected chi connectivity index (χ0v) is 12.3. The monoisotopic (exact) mass is 257 g/mol. The molecule has 0 aromatic heterocycles. The van der Waals surface area contributed by atoms with E-state index in [4.69, 9.17) is 22.7 Å². The van der Waals surface area contributed by atoms with Crippen molar-refractivity contribution in [1.82, 2.24) is 0 Å². The molecule has 2 N–H and O–H groups in total. The Morgan fingerprint density at radius 2 is 2.12 bits per heavy atom. The van der Waals surface area contributed by atoms with Crippen LogP contribution in [0.15, 0.2) is 0 Å². The Hall–Kier alpha value is -0.150. The molecule has 3 unspecified atom stereocenters. The Labute approximate surface area is 111 Å². The molecule has 3 atom stereocenters. The summed E-state index contributed by atoms with van der Waals surface area (Å²) in [5.41, 5.74) is 5.49. The average Bonchev–Trinajstić information content (AvgIpc) is 2.23. The van der Waals surface area contributed by atoms with Gasteiger partial charge in [-0.2, -0.15) is 0 Å². The number of ether oxygens (including phenoxy) is 1. The van der Waals surface area contributed by atoms with Crippen molar-refractivity contribution in [2.45, 2.75) is 59.0 Å². The highest BCUT2D eigenvalue weighted by Gasteiger charge is 2.31. The summed E-state index contributed by atoms with van der Waals surface area (Å²) in [6, 6.07) is 0. The Bertz CT molecular complexity index is 242. The summed E-state index contributed by atoms with van der Waals surface area (Å²) in [5.74, 6) is 2.27. The fourth-order valence-electron chi connectivity index (χ4n) is 2.79. The Morgan fingerprint density at radius 3 is 2.71 bits per heavy atom. The first-order chi connectivity index (χ1) is 8.00. The van der Waals surface area contributed by atoms with Gasteiger partial charge in [0.05, 0.1) is 11.1 Å². The lowest BCUT2D eigenvalue weighted by Crippen LogP contribution is -2.34. The van der Waals surface area contributed by atoms with E-state index in [2.05, 4.69) is 20.8 Å². The van der Waals surface area contributed by atoms with Crippen molar-refractivity contribution in [2.75, 3.05) is 6.61 Å². The maximum atomic E-state index is 6.06. The molecule has 0 spiro atoms. The van der Waals surface area contributed by atoms with Crippen molar-refractivity contribution in [3.8, 4) is 0 Å². The number of rotatable bonds is 6. The fraction of sp³-hybridized carbons (Fsp3) is 0.929. The van der Waals surface area contributed by atoms with E-state index in [0.29, 0.717) is 11.1 Å². The molecule has 1 fully saturated rings. The molecule has 1 aliphatic carbocycles. The lowest BCUT2D eigenvalue weighted by Gasteiger charge is -2.37. The number of nitrogens with two attached hydrogens (primary N) is 1. The Morgan fingerprint density at radius 1 is 1.41 bits per heavy atom. The van der Waals surface area contributed by atoms with Crippen LogP contribution in [0.3, 0.4) is 0 Å². The van der Waals surface area contributed by atoms with Gasteiger partial charge in [0.15, 0.2) is 0 Å². The maximum absolute atomic E-state index is 6.06. The van der Waals surface area contributed by atoms with Crippen LogP contribution in [0, 0.1) is 17.8 Å². The van der Waals surface area contributed by atoms with Gasteiger partial charge in [-0.3, -0.25) is 0 Å². The van der Waals surface area contributed by atoms with Crippen LogP contribution in [-0.4, -0.2) is 17.7 Å². The first kappa shape index (κ1) is 14.9. The molecular formula is C14H27NOS. The van der Waals surface area contributed by atoms with Crippen LogP contribution in [-0.2, 0) is 4.74 Å². The highest BCUT2D eigenvalue weighted by atomic mass is 32.1. The van der Waals surface area contributed by atoms with Gasteiger partial charge in [0.1, 0.15) is 0 Å². The zero-order valence-electron chi connectivity index (χ0n) is 11.4. The van der Waals surface area contributed by atoms with E-state index < -0.39 is 0 Å². The quantitative estimate of drug-likeness (QED) is 0.584. The lowest BCUT2D eigenvalue weighted by atomic mass is 9.75. The largest absolute Gasteiger partial charge is 0.393 e. The summed E-state index contributed by atoms with van der Waals surface area (Å²) >= 11 is 4.87. The molecule has 100 valence electrons. The van der Waals surface area contributed by atoms with Gasteiger partial charge in [-0.1, -0.05) is 39.4 Å². The van der Waals surface area contributed by atoms with Crippen molar-refractivity contribution >= 4 is 17.2 Å². The molecule has 3 heteroatoms. The van der Waals surface area contributed by atoms with E-state index in [-0.39, 0.29) is 0 Å². The Balaban J connectivity index is 2.33. The van der Waals surface area contributed by atoms with Crippen molar-refractivity contribution in [2.24, 2.45) is 23.5 Å². The van der Waals surface area contributed by atoms with Crippen molar-refractivity contribution in [3.63, 3.8) is 0 Å². The molecule has 0 aliphatic heterocycles. The molecule has 0 aromatic carbocycles. The molecule has 0 bridgehead atoms. The second kappa shape index (κ2) is 7.32. The highest BCUT2D eigenvalue weighted by Crippen LogP contribution is 2.35. The molecule has 0 amide bonds. The smallest absolute Gasteiger partial charge is 0.0728 e. The van der Waals surface area contributed by atoms with Crippen LogP contribution in [0.5, 0.6) is 0 Å². The predicted molar refractivity (Wildman–Crippen MR) is 77.1 cm³/mol. The molecule has 0 saturated heterocycles. The summed E-state index contributed by atoms with van der Waals surface area (Å²) in [4.78, 5) is 0.603.